The van der Waals surface area contributed by atoms with Crippen LogP contribution in [0.5, 0.6) is 0 Å². The molecule has 2 aliphatic heterocycles. The Morgan fingerprint density at radius 2 is 2.38 bits per heavy atom. The van der Waals surface area contributed by atoms with Crippen LogP contribution in [0, 0.1) is 0 Å². The van der Waals surface area contributed by atoms with Crippen LogP contribution >= 0.6 is 11.6 Å². The molecule has 0 aromatic carbocycles. The van der Waals surface area contributed by atoms with E-state index >= 15 is 0 Å². The van der Waals surface area contributed by atoms with Gasteiger partial charge in [0.1, 0.15) is 5.15 Å². The number of pyridine rings is 1. The zero-order valence-electron chi connectivity index (χ0n) is 9.03. The molecule has 1 aromatic heterocycles. The SMILES string of the molecule is Clc1ccc(CNC2CC3CCC2O3)cn1. The average molecular weight is 239 g/mol. The molecule has 86 valence electrons. The first kappa shape index (κ1) is 10.5. The highest BCUT2D eigenvalue weighted by molar-refractivity contribution is 6.29. The molecule has 0 saturated carbocycles. The minimum Gasteiger partial charge on any atom is -0.373 e. The van der Waals surface area contributed by atoms with Gasteiger partial charge in [0, 0.05) is 18.8 Å². The summed E-state index contributed by atoms with van der Waals surface area (Å²) < 4.78 is 5.79. The van der Waals surface area contributed by atoms with Crippen LogP contribution in [0.4, 0.5) is 0 Å². The summed E-state index contributed by atoms with van der Waals surface area (Å²) >= 11 is 5.74. The van der Waals surface area contributed by atoms with Crippen molar-refractivity contribution in [2.75, 3.05) is 0 Å². The van der Waals surface area contributed by atoms with Crippen molar-refractivity contribution in [3.8, 4) is 0 Å². The van der Waals surface area contributed by atoms with Crippen LogP contribution in [-0.4, -0.2) is 23.2 Å². The van der Waals surface area contributed by atoms with Gasteiger partial charge < -0.3 is 10.1 Å². The van der Waals surface area contributed by atoms with Crippen molar-refractivity contribution in [3.63, 3.8) is 0 Å². The summed E-state index contributed by atoms with van der Waals surface area (Å²) in [6.45, 7) is 0.849. The van der Waals surface area contributed by atoms with Crippen molar-refractivity contribution in [1.82, 2.24) is 10.3 Å². The fourth-order valence-corrected chi connectivity index (χ4v) is 2.72. The molecular formula is C12H15ClN2O. The number of ether oxygens (including phenoxy) is 1. The summed E-state index contributed by atoms with van der Waals surface area (Å²) in [7, 11) is 0. The molecule has 2 bridgehead atoms. The molecule has 0 spiro atoms. The highest BCUT2D eigenvalue weighted by atomic mass is 35.5. The highest BCUT2D eigenvalue weighted by Crippen LogP contribution is 2.34. The van der Waals surface area contributed by atoms with Crippen LogP contribution in [0.1, 0.15) is 24.8 Å². The Morgan fingerprint density at radius 1 is 1.44 bits per heavy atom. The zero-order chi connectivity index (χ0) is 11.0. The van der Waals surface area contributed by atoms with E-state index in [2.05, 4.69) is 10.3 Å². The van der Waals surface area contributed by atoms with E-state index < -0.39 is 0 Å². The molecule has 16 heavy (non-hydrogen) atoms. The number of halogens is 1. The van der Waals surface area contributed by atoms with Gasteiger partial charge in [-0.15, -0.1) is 0 Å². The second-order valence-corrected chi connectivity index (χ2v) is 4.97. The number of rotatable bonds is 3. The first-order valence-corrected chi connectivity index (χ1v) is 6.18. The maximum atomic E-state index is 5.79. The summed E-state index contributed by atoms with van der Waals surface area (Å²) in [5, 5.41) is 4.09. The number of nitrogens with one attached hydrogen (secondary N) is 1. The van der Waals surface area contributed by atoms with Crippen molar-refractivity contribution in [2.45, 2.75) is 44.1 Å². The van der Waals surface area contributed by atoms with Gasteiger partial charge in [0.2, 0.25) is 0 Å². The lowest BCUT2D eigenvalue weighted by Gasteiger charge is -2.19. The molecule has 0 radical (unpaired) electrons. The average Bonchev–Trinajstić information content (AvgIpc) is 2.90. The predicted octanol–water partition coefficient (Wildman–Crippen LogP) is 2.14. The van der Waals surface area contributed by atoms with E-state index in [0.717, 1.165) is 13.0 Å². The molecular weight excluding hydrogens is 224 g/mol. The third-order valence-corrected chi connectivity index (χ3v) is 3.69. The molecule has 3 unspecified atom stereocenters. The van der Waals surface area contributed by atoms with Crippen LogP contribution in [0.3, 0.4) is 0 Å². The predicted molar refractivity (Wildman–Crippen MR) is 62.4 cm³/mol. The smallest absolute Gasteiger partial charge is 0.129 e. The molecule has 0 amide bonds. The Labute approximate surface area is 100 Å². The van der Waals surface area contributed by atoms with Gasteiger partial charge in [0.25, 0.3) is 0 Å². The van der Waals surface area contributed by atoms with Gasteiger partial charge in [0.05, 0.1) is 12.2 Å². The molecule has 0 aliphatic carbocycles. The third-order valence-electron chi connectivity index (χ3n) is 3.46. The van der Waals surface area contributed by atoms with Crippen molar-refractivity contribution >= 4 is 11.6 Å². The summed E-state index contributed by atoms with van der Waals surface area (Å²) in [4.78, 5) is 4.07. The molecule has 1 aromatic rings. The minimum atomic E-state index is 0.435. The van der Waals surface area contributed by atoms with Crippen molar-refractivity contribution in [1.29, 1.82) is 0 Å². The molecule has 3 rings (SSSR count). The molecule has 2 aliphatic rings. The largest absolute Gasteiger partial charge is 0.373 e. The van der Waals surface area contributed by atoms with E-state index in [1.807, 2.05) is 18.3 Å². The van der Waals surface area contributed by atoms with Gasteiger partial charge in [-0.2, -0.15) is 0 Å². The van der Waals surface area contributed by atoms with E-state index in [0.29, 0.717) is 23.4 Å². The summed E-state index contributed by atoms with van der Waals surface area (Å²) in [6.07, 6.45) is 6.37. The molecule has 3 nitrogen and oxygen atoms in total. The Balaban J connectivity index is 1.55. The second-order valence-electron chi connectivity index (χ2n) is 4.59. The summed E-state index contributed by atoms with van der Waals surface area (Å²) in [5.41, 5.74) is 1.17. The summed E-state index contributed by atoms with van der Waals surface area (Å²) in [5.74, 6) is 0. The molecule has 1 N–H and O–H groups in total. The quantitative estimate of drug-likeness (QED) is 0.820. The van der Waals surface area contributed by atoms with Crippen molar-refractivity contribution < 1.29 is 4.74 Å². The lowest BCUT2D eigenvalue weighted by Crippen LogP contribution is -2.36. The summed E-state index contributed by atoms with van der Waals surface area (Å²) in [6, 6.07) is 4.36. The normalized spacial score (nSPS) is 32.2. The van der Waals surface area contributed by atoms with Crippen LogP contribution in [0.15, 0.2) is 18.3 Å². The van der Waals surface area contributed by atoms with Crippen LogP contribution in [0.2, 0.25) is 5.15 Å². The highest BCUT2D eigenvalue weighted by Gasteiger charge is 2.40. The van der Waals surface area contributed by atoms with Gasteiger partial charge in [0.15, 0.2) is 0 Å². The lowest BCUT2D eigenvalue weighted by atomic mass is 9.95. The standard InChI is InChI=1S/C12H15ClN2O/c13-12-4-1-8(7-15-12)6-14-10-5-9-2-3-11(10)16-9/h1,4,7,9-11,14H,2-3,5-6H2. The van der Waals surface area contributed by atoms with Gasteiger partial charge in [-0.05, 0) is 30.9 Å². The third kappa shape index (κ3) is 2.08. The zero-order valence-corrected chi connectivity index (χ0v) is 9.78. The van der Waals surface area contributed by atoms with Gasteiger partial charge in [-0.25, -0.2) is 4.98 Å². The van der Waals surface area contributed by atoms with E-state index in [1.165, 1.54) is 18.4 Å². The van der Waals surface area contributed by atoms with Crippen molar-refractivity contribution in [3.05, 3.63) is 29.0 Å². The van der Waals surface area contributed by atoms with E-state index in [1.54, 1.807) is 0 Å². The van der Waals surface area contributed by atoms with Gasteiger partial charge >= 0.3 is 0 Å². The van der Waals surface area contributed by atoms with Crippen LogP contribution in [-0.2, 0) is 11.3 Å². The van der Waals surface area contributed by atoms with Crippen LogP contribution in [0.25, 0.3) is 0 Å². The Bertz CT molecular complexity index is 368. The fraction of sp³-hybridized carbons (Fsp3) is 0.583. The van der Waals surface area contributed by atoms with Gasteiger partial charge in [-0.1, -0.05) is 17.7 Å². The Hall–Kier alpha value is -0.640. The monoisotopic (exact) mass is 238 g/mol. The number of fused-ring (bicyclic) bond motifs is 2. The van der Waals surface area contributed by atoms with Crippen molar-refractivity contribution in [2.24, 2.45) is 0 Å². The minimum absolute atomic E-state index is 0.435. The number of aromatic nitrogens is 1. The maximum absolute atomic E-state index is 5.79. The molecule has 3 heterocycles. The molecule has 3 atom stereocenters. The fourth-order valence-electron chi connectivity index (χ4n) is 2.61. The van der Waals surface area contributed by atoms with Crippen LogP contribution < -0.4 is 5.32 Å². The van der Waals surface area contributed by atoms with E-state index in [9.17, 15) is 0 Å². The molecule has 2 fully saturated rings. The van der Waals surface area contributed by atoms with Gasteiger partial charge in [-0.3, -0.25) is 0 Å². The number of hydrogen-bond donors (Lipinski definition) is 1. The van der Waals surface area contributed by atoms with E-state index in [4.69, 9.17) is 16.3 Å². The lowest BCUT2D eigenvalue weighted by molar-refractivity contribution is 0.0973. The maximum Gasteiger partial charge on any atom is 0.129 e. The molecule has 2 saturated heterocycles. The first-order valence-electron chi connectivity index (χ1n) is 5.80. The Kier molecular flexibility index (Phi) is 2.84. The Morgan fingerprint density at radius 3 is 3.00 bits per heavy atom. The van der Waals surface area contributed by atoms with E-state index in [-0.39, 0.29) is 0 Å². The second kappa shape index (κ2) is 4.32. The molecule has 4 heteroatoms. The topological polar surface area (TPSA) is 34.1 Å². The number of hydrogen-bond acceptors (Lipinski definition) is 3. The number of nitrogens with zero attached hydrogens (tertiary/aromatic N) is 1. The first-order chi connectivity index (χ1) is 7.81.